The van der Waals surface area contributed by atoms with E-state index in [0.29, 0.717) is 18.1 Å². The Hall–Kier alpha value is -0.270. The summed E-state index contributed by atoms with van der Waals surface area (Å²) in [6.45, 7) is 4.64. The number of thioether (sulfide) groups is 1. The van der Waals surface area contributed by atoms with Crippen LogP contribution in [-0.2, 0) is 10.0 Å². The Balaban J connectivity index is 3.07. The van der Waals surface area contributed by atoms with Gasteiger partial charge in [0.05, 0.1) is 9.92 Å². The van der Waals surface area contributed by atoms with Crippen molar-refractivity contribution in [1.82, 2.24) is 4.31 Å². The van der Waals surface area contributed by atoms with Crippen molar-refractivity contribution >= 4 is 33.4 Å². The van der Waals surface area contributed by atoms with Gasteiger partial charge in [-0.25, -0.2) is 12.7 Å². The lowest BCUT2D eigenvalue weighted by molar-refractivity contribution is 0.292. The lowest BCUT2D eigenvalue weighted by atomic mass is 9.94. The number of nitrogens with zero attached hydrogens (tertiary/aromatic N) is 1. The summed E-state index contributed by atoms with van der Waals surface area (Å²) in [6.07, 6.45) is 1.89. The minimum Gasteiger partial charge on any atom is -0.330 e. The first-order chi connectivity index (χ1) is 9.14. The fourth-order valence-electron chi connectivity index (χ4n) is 1.74. The van der Waals surface area contributed by atoms with Crippen LogP contribution in [0.2, 0.25) is 5.02 Å². The molecule has 1 rings (SSSR count). The van der Waals surface area contributed by atoms with Crippen LogP contribution in [0, 0.1) is 5.41 Å². The van der Waals surface area contributed by atoms with Crippen LogP contribution in [0.4, 0.5) is 0 Å². The van der Waals surface area contributed by atoms with Crippen LogP contribution < -0.4 is 5.73 Å². The molecule has 0 atom stereocenters. The van der Waals surface area contributed by atoms with Crippen LogP contribution in [0.15, 0.2) is 28.0 Å². The fourth-order valence-corrected chi connectivity index (χ4v) is 4.06. The van der Waals surface area contributed by atoms with E-state index in [-0.39, 0.29) is 10.3 Å². The van der Waals surface area contributed by atoms with E-state index in [1.807, 2.05) is 20.1 Å². The molecule has 114 valence electrons. The second-order valence-electron chi connectivity index (χ2n) is 5.43. The molecule has 0 aliphatic carbocycles. The summed E-state index contributed by atoms with van der Waals surface area (Å²) in [5.41, 5.74) is 5.38. The van der Waals surface area contributed by atoms with Crippen LogP contribution in [0.25, 0.3) is 0 Å². The van der Waals surface area contributed by atoms with E-state index in [1.54, 1.807) is 19.2 Å². The summed E-state index contributed by atoms with van der Waals surface area (Å²) in [5.74, 6) is 0. The van der Waals surface area contributed by atoms with Crippen LogP contribution >= 0.6 is 23.4 Å². The first-order valence-corrected chi connectivity index (χ1v) is 9.18. The molecule has 0 amide bonds. The summed E-state index contributed by atoms with van der Waals surface area (Å²) >= 11 is 7.56. The topological polar surface area (TPSA) is 63.4 Å². The van der Waals surface area contributed by atoms with Crippen molar-refractivity contribution in [3.8, 4) is 0 Å². The molecule has 4 nitrogen and oxygen atoms in total. The molecule has 0 bridgehead atoms. The molecule has 7 heteroatoms. The highest BCUT2D eigenvalue weighted by Gasteiger charge is 2.27. The molecule has 1 aromatic rings. The molecule has 0 fully saturated rings. The number of rotatable bonds is 6. The van der Waals surface area contributed by atoms with Crippen molar-refractivity contribution in [1.29, 1.82) is 0 Å². The molecule has 0 saturated carbocycles. The summed E-state index contributed by atoms with van der Waals surface area (Å²) in [7, 11) is -1.99. The van der Waals surface area contributed by atoms with Gasteiger partial charge in [-0.2, -0.15) is 0 Å². The lowest BCUT2D eigenvalue weighted by Crippen LogP contribution is -2.39. The van der Waals surface area contributed by atoms with Crippen LogP contribution in [0.1, 0.15) is 13.8 Å². The predicted molar refractivity (Wildman–Crippen MR) is 85.9 cm³/mol. The van der Waals surface area contributed by atoms with E-state index >= 15 is 0 Å². The minimum atomic E-state index is -3.55. The van der Waals surface area contributed by atoms with E-state index in [0.717, 1.165) is 4.90 Å². The van der Waals surface area contributed by atoms with Gasteiger partial charge in [-0.15, -0.1) is 11.8 Å². The molecule has 0 saturated heterocycles. The lowest BCUT2D eigenvalue weighted by Gasteiger charge is -2.28. The molecule has 0 heterocycles. The number of hydrogen-bond donors (Lipinski definition) is 1. The zero-order valence-corrected chi connectivity index (χ0v) is 14.6. The van der Waals surface area contributed by atoms with E-state index in [9.17, 15) is 8.42 Å². The molecule has 2 N–H and O–H groups in total. The monoisotopic (exact) mass is 336 g/mol. The van der Waals surface area contributed by atoms with Crippen molar-refractivity contribution in [2.24, 2.45) is 11.1 Å². The Morgan fingerprint density at radius 3 is 2.45 bits per heavy atom. The van der Waals surface area contributed by atoms with Crippen molar-refractivity contribution < 1.29 is 8.42 Å². The first kappa shape index (κ1) is 17.8. The molecular formula is C13H21ClN2O2S2. The Kier molecular flexibility index (Phi) is 5.92. The number of halogens is 1. The second kappa shape index (κ2) is 6.66. The number of hydrogen-bond acceptors (Lipinski definition) is 4. The Morgan fingerprint density at radius 1 is 1.40 bits per heavy atom. The third-order valence-corrected chi connectivity index (χ3v) is 6.05. The van der Waals surface area contributed by atoms with E-state index < -0.39 is 10.0 Å². The molecule has 1 aromatic carbocycles. The number of sulfonamides is 1. The normalized spacial score (nSPS) is 12.9. The smallest absolute Gasteiger partial charge is 0.242 e. The van der Waals surface area contributed by atoms with Crippen LogP contribution in [0.3, 0.4) is 0 Å². The average molecular weight is 337 g/mol. The van der Waals surface area contributed by atoms with Gasteiger partial charge in [0.2, 0.25) is 10.0 Å². The third-order valence-electron chi connectivity index (χ3n) is 3.03. The zero-order chi connectivity index (χ0) is 15.6. The minimum absolute atomic E-state index is 0.204. The largest absolute Gasteiger partial charge is 0.330 e. The van der Waals surface area contributed by atoms with Crippen molar-refractivity contribution in [2.45, 2.75) is 23.6 Å². The van der Waals surface area contributed by atoms with E-state index in [4.69, 9.17) is 17.3 Å². The molecule has 0 radical (unpaired) electrons. The van der Waals surface area contributed by atoms with E-state index in [2.05, 4.69) is 0 Å². The molecular weight excluding hydrogens is 316 g/mol. The van der Waals surface area contributed by atoms with E-state index in [1.165, 1.54) is 22.1 Å². The maximum atomic E-state index is 12.5. The molecule has 0 aromatic heterocycles. The first-order valence-electron chi connectivity index (χ1n) is 6.14. The standard InChI is InChI=1S/C13H21ClN2O2S2/c1-13(2,8-15)9-16(3)20(17,18)10-5-6-12(19-4)11(14)7-10/h5-7H,8-9,15H2,1-4H3. The van der Waals surface area contributed by atoms with Crippen molar-refractivity contribution in [3.05, 3.63) is 23.2 Å². The number of nitrogens with two attached hydrogens (primary N) is 1. The Labute approximate surface area is 130 Å². The zero-order valence-electron chi connectivity index (χ0n) is 12.2. The fraction of sp³-hybridized carbons (Fsp3) is 0.538. The summed E-state index contributed by atoms with van der Waals surface area (Å²) in [5, 5.41) is 0.449. The summed E-state index contributed by atoms with van der Waals surface area (Å²) < 4.78 is 26.3. The molecule has 0 aliphatic heterocycles. The molecule has 20 heavy (non-hydrogen) atoms. The average Bonchev–Trinajstić information content (AvgIpc) is 2.38. The van der Waals surface area contributed by atoms with Gasteiger partial charge < -0.3 is 5.73 Å². The predicted octanol–water partition coefficient (Wildman–Crippen LogP) is 2.67. The van der Waals surface area contributed by atoms with Gasteiger partial charge in [0.25, 0.3) is 0 Å². The third kappa shape index (κ3) is 4.11. The van der Waals surface area contributed by atoms with Crippen molar-refractivity contribution in [3.63, 3.8) is 0 Å². The SMILES string of the molecule is CSc1ccc(S(=O)(=O)N(C)CC(C)(C)CN)cc1Cl. The highest BCUT2D eigenvalue weighted by Crippen LogP contribution is 2.29. The quantitative estimate of drug-likeness (QED) is 0.811. The van der Waals surface area contributed by atoms with Gasteiger partial charge in [-0.3, -0.25) is 0 Å². The summed E-state index contributed by atoms with van der Waals surface area (Å²) in [6, 6.07) is 4.80. The van der Waals surface area contributed by atoms with Crippen LogP contribution in [0.5, 0.6) is 0 Å². The Morgan fingerprint density at radius 2 is 2.00 bits per heavy atom. The second-order valence-corrected chi connectivity index (χ2v) is 8.73. The van der Waals surface area contributed by atoms with Crippen molar-refractivity contribution in [2.75, 3.05) is 26.4 Å². The summed E-state index contributed by atoms with van der Waals surface area (Å²) in [4.78, 5) is 1.06. The molecule has 0 aliphatic rings. The van der Waals surface area contributed by atoms with Gasteiger partial charge in [0.15, 0.2) is 0 Å². The van der Waals surface area contributed by atoms with Gasteiger partial charge in [0, 0.05) is 18.5 Å². The molecule has 0 unspecified atom stereocenters. The molecule has 0 spiro atoms. The highest BCUT2D eigenvalue weighted by molar-refractivity contribution is 7.98. The Bertz CT molecular complexity index is 574. The van der Waals surface area contributed by atoms with Gasteiger partial charge in [-0.1, -0.05) is 25.4 Å². The van der Waals surface area contributed by atoms with Gasteiger partial charge >= 0.3 is 0 Å². The van der Waals surface area contributed by atoms with Gasteiger partial charge in [0.1, 0.15) is 0 Å². The maximum absolute atomic E-state index is 12.5. The maximum Gasteiger partial charge on any atom is 0.242 e. The van der Waals surface area contributed by atoms with Crippen LogP contribution in [-0.4, -0.2) is 39.1 Å². The number of benzene rings is 1. The van der Waals surface area contributed by atoms with Gasteiger partial charge in [-0.05, 0) is 36.4 Å². The highest BCUT2D eigenvalue weighted by atomic mass is 35.5.